The molecule has 1 aliphatic heterocycles. The van der Waals surface area contributed by atoms with E-state index in [0.717, 1.165) is 18.7 Å². The number of rotatable bonds is 4. The number of nitrogens with zero attached hydrogens (tertiary/aromatic N) is 1. The van der Waals surface area contributed by atoms with E-state index < -0.39 is 11.6 Å². The van der Waals surface area contributed by atoms with Crippen LogP contribution in [0, 0.1) is 11.6 Å². The quantitative estimate of drug-likeness (QED) is 0.919. The summed E-state index contributed by atoms with van der Waals surface area (Å²) in [6.45, 7) is 6.42. The highest BCUT2D eigenvalue weighted by Crippen LogP contribution is 2.25. The lowest BCUT2D eigenvalue weighted by Crippen LogP contribution is -2.58. The van der Waals surface area contributed by atoms with Crippen molar-refractivity contribution in [1.29, 1.82) is 0 Å². The molecule has 0 aliphatic carbocycles. The van der Waals surface area contributed by atoms with Crippen LogP contribution in [0.15, 0.2) is 18.2 Å². The zero-order valence-corrected chi connectivity index (χ0v) is 12.3. The van der Waals surface area contributed by atoms with Gasteiger partial charge in [-0.25, -0.2) is 8.78 Å². The van der Waals surface area contributed by atoms with E-state index in [-0.39, 0.29) is 11.6 Å². The molecule has 1 atom stereocenters. The maximum Gasteiger partial charge on any atom is 0.159 e. The van der Waals surface area contributed by atoms with Gasteiger partial charge in [0.05, 0.1) is 0 Å². The minimum absolute atomic E-state index is 0.106. The van der Waals surface area contributed by atoms with Crippen LogP contribution in [0.2, 0.25) is 0 Å². The summed E-state index contributed by atoms with van der Waals surface area (Å²) in [6, 6.07) is 3.93. The van der Waals surface area contributed by atoms with Crippen LogP contribution in [-0.2, 0) is 6.42 Å². The minimum Gasteiger partial charge on any atom is -0.326 e. The molecule has 1 fully saturated rings. The van der Waals surface area contributed by atoms with Gasteiger partial charge in [-0.05, 0) is 63.9 Å². The van der Waals surface area contributed by atoms with E-state index in [0.29, 0.717) is 6.42 Å². The average Bonchev–Trinajstić information content (AvgIpc) is 2.44. The molecule has 0 bridgehead atoms. The first-order valence-corrected chi connectivity index (χ1v) is 7.36. The predicted octanol–water partition coefficient (Wildman–Crippen LogP) is 3.10. The number of halogens is 2. The lowest BCUT2D eigenvalue weighted by Gasteiger charge is -2.44. The largest absolute Gasteiger partial charge is 0.326 e. The average molecular weight is 282 g/mol. The number of likely N-dealkylation sites (tertiary alicyclic amines) is 1. The molecular weight excluding hydrogens is 258 g/mol. The Labute approximate surface area is 120 Å². The monoisotopic (exact) mass is 282 g/mol. The minimum atomic E-state index is -0.808. The van der Waals surface area contributed by atoms with Crippen molar-refractivity contribution in [2.24, 2.45) is 5.73 Å². The number of hydrogen-bond acceptors (Lipinski definition) is 2. The molecule has 1 saturated heterocycles. The molecule has 112 valence electrons. The van der Waals surface area contributed by atoms with Crippen molar-refractivity contribution in [3.05, 3.63) is 35.4 Å². The third-order valence-electron chi connectivity index (χ3n) is 4.52. The molecule has 4 heteroatoms. The molecular formula is C16H24F2N2. The highest BCUT2D eigenvalue weighted by atomic mass is 19.2. The fraction of sp³-hybridized carbons (Fsp3) is 0.625. The van der Waals surface area contributed by atoms with Gasteiger partial charge in [-0.3, -0.25) is 4.90 Å². The number of hydrogen-bond donors (Lipinski definition) is 1. The SMILES string of the molecule is CC(C)(C(N)Cc1ccc(F)c(F)c1)N1CCCCC1. The zero-order chi connectivity index (χ0) is 14.8. The molecule has 1 unspecified atom stereocenters. The van der Waals surface area contributed by atoms with E-state index in [2.05, 4.69) is 18.7 Å². The lowest BCUT2D eigenvalue weighted by molar-refractivity contribution is 0.0731. The molecule has 0 amide bonds. The van der Waals surface area contributed by atoms with Crippen LogP contribution >= 0.6 is 0 Å². The van der Waals surface area contributed by atoms with E-state index in [9.17, 15) is 8.78 Å². The Balaban J connectivity index is 2.05. The molecule has 20 heavy (non-hydrogen) atoms. The van der Waals surface area contributed by atoms with E-state index in [1.807, 2.05) is 0 Å². The lowest BCUT2D eigenvalue weighted by atomic mass is 9.87. The van der Waals surface area contributed by atoms with Crippen LogP contribution in [0.3, 0.4) is 0 Å². The first-order chi connectivity index (χ1) is 9.41. The molecule has 1 aromatic carbocycles. The van der Waals surface area contributed by atoms with Gasteiger partial charge in [-0.1, -0.05) is 12.5 Å². The highest BCUT2D eigenvalue weighted by molar-refractivity contribution is 5.19. The van der Waals surface area contributed by atoms with Gasteiger partial charge in [0.15, 0.2) is 11.6 Å². The van der Waals surface area contributed by atoms with Gasteiger partial charge in [-0.2, -0.15) is 0 Å². The number of piperidine rings is 1. The second-order valence-electron chi connectivity index (χ2n) is 6.26. The summed E-state index contributed by atoms with van der Waals surface area (Å²) in [4.78, 5) is 2.42. The van der Waals surface area contributed by atoms with Crippen LogP contribution in [0.4, 0.5) is 8.78 Å². The van der Waals surface area contributed by atoms with Crippen molar-refractivity contribution >= 4 is 0 Å². The van der Waals surface area contributed by atoms with Gasteiger partial charge < -0.3 is 5.73 Å². The molecule has 2 N–H and O–H groups in total. The standard InChI is InChI=1S/C16H24F2N2/c1-16(2,20-8-4-3-5-9-20)15(19)11-12-6-7-13(17)14(18)10-12/h6-7,10,15H,3-5,8-9,11,19H2,1-2H3. The molecule has 2 rings (SSSR count). The summed E-state index contributed by atoms with van der Waals surface area (Å²) in [5.41, 5.74) is 6.96. The van der Waals surface area contributed by atoms with Crippen LogP contribution in [0.1, 0.15) is 38.7 Å². The third kappa shape index (κ3) is 3.36. The van der Waals surface area contributed by atoms with Gasteiger partial charge >= 0.3 is 0 Å². The summed E-state index contributed by atoms with van der Waals surface area (Å²) >= 11 is 0. The normalized spacial score (nSPS) is 19.1. The molecule has 2 nitrogen and oxygen atoms in total. The molecule has 0 radical (unpaired) electrons. The van der Waals surface area contributed by atoms with E-state index in [1.165, 1.54) is 31.4 Å². The van der Waals surface area contributed by atoms with Crippen LogP contribution in [-0.4, -0.2) is 29.6 Å². The molecule has 0 saturated carbocycles. The molecule has 0 spiro atoms. The van der Waals surface area contributed by atoms with Gasteiger partial charge in [0, 0.05) is 11.6 Å². The van der Waals surface area contributed by atoms with Crippen LogP contribution in [0.5, 0.6) is 0 Å². The van der Waals surface area contributed by atoms with E-state index >= 15 is 0 Å². The molecule has 1 aromatic rings. The van der Waals surface area contributed by atoms with Crippen molar-refractivity contribution in [3.63, 3.8) is 0 Å². The summed E-state index contributed by atoms with van der Waals surface area (Å²) in [7, 11) is 0. The van der Waals surface area contributed by atoms with E-state index in [1.54, 1.807) is 6.07 Å². The van der Waals surface area contributed by atoms with E-state index in [4.69, 9.17) is 5.73 Å². The van der Waals surface area contributed by atoms with Gasteiger partial charge in [0.2, 0.25) is 0 Å². The maximum atomic E-state index is 13.3. The van der Waals surface area contributed by atoms with Crippen molar-refractivity contribution in [2.45, 2.75) is 51.1 Å². The maximum absolute atomic E-state index is 13.3. The smallest absolute Gasteiger partial charge is 0.159 e. The van der Waals surface area contributed by atoms with Gasteiger partial charge in [0.25, 0.3) is 0 Å². The summed E-state index contributed by atoms with van der Waals surface area (Å²) in [5.74, 6) is -1.61. The van der Waals surface area contributed by atoms with Gasteiger partial charge in [0.1, 0.15) is 0 Å². The van der Waals surface area contributed by atoms with Gasteiger partial charge in [-0.15, -0.1) is 0 Å². The Morgan fingerprint density at radius 1 is 1.15 bits per heavy atom. The third-order valence-corrected chi connectivity index (χ3v) is 4.52. The Kier molecular flexibility index (Phi) is 4.76. The number of benzene rings is 1. The van der Waals surface area contributed by atoms with Crippen molar-refractivity contribution in [3.8, 4) is 0 Å². The second-order valence-corrected chi connectivity index (χ2v) is 6.26. The zero-order valence-electron chi connectivity index (χ0n) is 12.3. The number of nitrogens with two attached hydrogens (primary N) is 1. The first-order valence-electron chi connectivity index (χ1n) is 7.36. The second kappa shape index (κ2) is 6.19. The Bertz CT molecular complexity index is 454. The highest BCUT2D eigenvalue weighted by Gasteiger charge is 2.33. The Hall–Kier alpha value is -1.00. The van der Waals surface area contributed by atoms with Crippen molar-refractivity contribution in [2.75, 3.05) is 13.1 Å². The predicted molar refractivity (Wildman–Crippen MR) is 77.5 cm³/mol. The Morgan fingerprint density at radius 3 is 2.40 bits per heavy atom. The molecule has 1 heterocycles. The van der Waals surface area contributed by atoms with Crippen LogP contribution < -0.4 is 5.73 Å². The summed E-state index contributed by atoms with van der Waals surface area (Å²) in [5, 5.41) is 0. The molecule has 0 aromatic heterocycles. The summed E-state index contributed by atoms with van der Waals surface area (Å²) in [6.07, 6.45) is 4.26. The topological polar surface area (TPSA) is 29.3 Å². The van der Waals surface area contributed by atoms with Crippen LogP contribution in [0.25, 0.3) is 0 Å². The molecule has 1 aliphatic rings. The summed E-state index contributed by atoms with van der Waals surface area (Å²) < 4.78 is 26.2. The fourth-order valence-corrected chi connectivity index (χ4v) is 2.88. The fourth-order valence-electron chi connectivity index (χ4n) is 2.88. The first kappa shape index (κ1) is 15.4. The van der Waals surface area contributed by atoms with Crippen molar-refractivity contribution < 1.29 is 8.78 Å². The van der Waals surface area contributed by atoms with Crippen molar-refractivity contribution in [1.82, 2.24) is 4.90 Å². The Morgan fingerprint density at radius 2 is 1.80 bits per heavy atom.